The maximum atomic E-state index is 6.00. The molecule has 0 aliphatic heterocycles. The van der Waals surface area contributed by atoms with E-state index in [0.717, 1.165) is 21.3 Å². The van der Waals surface area contributed by atoms with Gasteiger partial charge in [0.1, 0.15) is 0 Å². The summed E-state index contributed by atoms with van der Waals surface area (Å²) in [7, 11) is 0. The average molecular weight is 334 g/mol. The minimum atomic E-state index is 0.704. The predicted molar refractivity (Wildman–Crippen MR) is 81.7 cm³/mol. The number of hydrogen-bond acceptors (Lipinski definition) is 1. The van der Waals surface area contributed by atoms with Crippen molar-refractivity contribution in [1.29, 1.82) is 0 Å². The van der Waals surface area contributed by atoms with Gasteiger partial charge in [0.05, 0.1) is 11.9 Å². The van der Waals surface area contributed by atoms with E-state index in [9.17, 15) is 0 Å². The molecule has 0 aliphatic carbocycles. The highest BCUT2D eigenvalue weighted by Gasteiger charge is 2.06. The van der Waals surface area contributed by atoms with E-state index in [4.69, 9.17) is 11.6 Å². The second kappa shape index (κ2) is 5.19. The highest BCUT2D eigenvalue weighted by atomic mass is 79.9. The topological polar surface area (TPSA) is 17.8 Å². The minimum absolute atomic E-state index is 0.704. The van der Waals surface area contributed by atoms with Gasteiger partial charge in [-0.05, 0) is 29.8 Å². The van der Waals surface area contributed by atoms with Crippen molar-refractivity contribution in [3.63, 3.8) is 0 Å². The van der Waals surface area contributed by atoms with E-state index in [1.165, 1.54) is 0 Å². The van der Waals surface area contributed by atoms with Crippen LogP contribution in [0, 0.1) is 0 Å². The smallest absolute Gasteiger partial charge is 0.0660 e. The van der Waals surface area contributed by atoms with Crippen molar-refractivity contribution >= 4 is 27.5 Å². The summed E-state index contributed by atoms with van der Waals surface area (Å²) in [5.74, 6) is 0. The van der Waals surface area contributed by atoms with E-state index in [0.29, 0.717) is 5.02 Å². The molecule has 3 aromatic rings. The van der Waals surface area contributed by atoms with Crippen LogP contribution >= 0.6 is 27.5 Å². The van der Waals surface area contributed by atoms with Crippen LogP contribution in [-0.2, 0) is 0 Å². The van der Waals surface area contributed by atoms with Crippen molar-refractivity contribution in [1.82, 2.24) is 9.78 Å². The molecule has 0 bridgehead atoms. The molecule has 19 heavy (non-hydrogen) atoms. The molecular formula is C15H10BrClN2. The van der Waals surface area contributed by atoms with Crippen LogP contribution in [0.2, 0.25) is 5.02 Å². The van der Waals surface area contributed by atoms with Gasteiger partial charge in [-0.25, -0.2) is 4.68 Å². The first-order chi connectivity index (χ1) is 9.24. The van der Waals surface area contributed by atoms with Crippen LogP contribution in [0.4, 0.5) is 0 Å². The third-order valence-electron chi connectivity index (χ3n) is 2.84. The number of benzene rings is 2. The molecule has 0 N–H and O–H groups in total. The van der Waals surface area contributed by atoms with Gasteiger partial charge in [0.15, 0.2) is 0 Å². The van der Waals surface area contributed by atoms with E-state index >= 15 is 0 Å². The summed E-state index contributed by atoms with van der Waals surface area (Å²) in [6, 6.07) is 15.7. The molecule has 0 fully saturated rings. The van der Waals surface area contributed by atoms with Gasteiger partial charge in [0.25, 0.3) is 0 Å². The summed E-state index contributed by atoms with van der Waals surface area (Å²) in [5, 5.41) is 5.09. The maximum absolute atomic E-state index is 6.00. The van der Waals surface area contributed by atoms with Crippen LogP contribution < -0.4 is 0 Å². The highest BCUT2D eigenvalue weighted by Crippen LogP contribution is 2.28. The van der Waals surface area contributed by atoms with Crippen LogP contribution in [0.5, 0.6) is 0 Å². The number of halogens is 2. The molecule has 2 aromatic carbocycles. The van der Waals surface area contributed by atoms with Gasteiger partial charge in [-0.15, -0.1) is 0 Å². The molecule has 1 heterocycles. The van der Waals surface area contributed by atoms with Crippen LogP contribution in [0.1, 0.15) is 0 Å². The van der Waals surface area contributed by atoms with Crippen LogP contribution in [0.15, 0.2) is 65.4 Å². The van der Waals surface area contributed by atoms with Crippen LogP contribution in [-0.4, -0.2) is 9.78 Å². The maximum Gasteiger partial charge on any atom is 0.0660 e. The Morgan fingerprint density at radius 3 is 2.68 bits per heavy atom. The lowest BCUT2D eigenvalue weighted by molar-refractivity contribution is 0.881. The zero-order chi connectivity index (χ0) is 13.2. The Morgan fingerprint density at radius 1 is 1.05 bits per heavy atom. The number of aromatic nitrogens is 2. The van der Waals surface area contributed by atoms with Gasteiger partial charge in [-0.2, -0.15) is 5.10 Å². The van der Waals surface area contributed by atoms with Crippen molar-refractivity contribution in [2.45, 2.75) is 0 Å². The summed E-state index contributed by atoms with van der Waals surface area (Å²) in [5.41, 5.74) is 3.13. The minimum Gasteiger partial charge on any atom is -0.240 e. The first-order valence-corrected chi connectivity index (χ1v) is 6.96. The normalized spacial score (nSPS) is 10.6. The van der Waals surface area contributed by atoms with Crippen LogP contribution in [0.25, 0.3) is 16.8 Å². The SMILES string of the molecule is Clc1cccc(-n2cc(-c3ccccc3Br)cn2)c1. The zero-order valence-corrected chi connectivity index (χ0v) is 12.3. The molecule has 3 rings (SSSR count). The summed E-state index contributed by atoms with van der Waals surface area (Å²) in [6.45, 7) is 0. The standard InChI is InChI=1S/C15H10BrClN2/c16-15-7-2-1-6-14(15)11-9-18-19(10-11)13-5-3-4-12(17)8-13/h1-10H. The first kappa shape index (κ1) is 12.5. The molecule has 4 heteroatoms. The Bertz CT molecular complexity index is 721. The Morgan fingerprint density at radius 2 is 1.89 bits per heavy atom. The molecule has 1 aromatic heterocycles. The van der Waals surface area contributed by atoms with Gasteiger partial charge < -0.3 is 0 Å². The van der Waals surface area contributed by atoms with Crippen molar-refractivity contribution in [3.8, 4) is 16.8 Å². The van der Waals surface area contributed by atoms with Gasteiger partial charge >= 0.3 is 0 Å². The molecule has 0 unspecified atom stereocenters. The van der Waals surface area contributed by atoms with E-state index in [1.54, 1.807) is 0 Å². The molecule has 0 saturated heterocycles. The Hall–Kier alpha value is -1.58. The fourth-order valence-corrected chi connectivity index (χ4v) is 2.62. The van der Waals surface area contributed by atoms with Gasteiger partial charge in [-0.1, -0.05) is 51.8 Å². The molecule has 2 nitrogen and oxygen atoms in total. The Balaban J connectivity index is 2.03. The van der Waals surface area contributed by atoms with Crippen molar-refractivity contribution in [2.75, 3.05) is 0 Å². The van der Waals surface area contributed by atoms with E-state index < -0.39 is 0 Å². The molecule has 0 spiro atoms. The van der Waals surface area contributed by atoms with E-state index in [1.807, 2.05) is 59.5 Å². The summed E-state index contributed by atoms with van der Waals surface area (Å²) < 4.78 is 2.88. The van der Waals surface area contributed by atoms with Crippen molar-refractivity contribution in [2.24, 2.45) is 0 Å². The van der Waals surface area contributed by atoms with E-state index in [2.05, 4.69) is 27.1 Å². The fourth-order valence-electron chi connectivity index (χ4n) is 1.92. The Kier molecular flexibility index (Phi) is 3.40. The number of nitrogens with zero attached hydrogens (tertiary/aromatic N) is 2. The largest absolute Gasteiger partial charge is 0.240 e. The van der Waals surface area contributed by atoms with Gasteiger partial charge in [0, 0.05) is 21.3 Å². The highest BCUT2D eigenvalue weighted by molar-refractivity contribution is 9.10. The zero-order valence-electron chi connectivity index (χ0n) is 9.92. The number of hydrogen-bond donors (Lipinski definition) is 0. The predicted octanol–water partition coefficient (Wildman–Crippen LogP) is 4.96. The average Bonchev–Trinajstić information content (AvgIpc) is 2.89. The molecule has 0 saturated carbocycles. The molecule has 0 atom stereocenters. The van der Waals surface area contributed by atoms with Gasteiger partial charge in [-0.3, -0.25) is 0 Å². The second-order valence-electron chi connectivity index (χ2n) is 4.13. The van der Waals surface area contributed by atoms with E-state index in [-0.39, 0.29) is 0 Å². The summed E-state index contributed by atoms with van der Waals surface area (Å²) in [6.07, 6.45) is 3.84. The lowest BCUT2D eigenvalue weighted by Gasteiger charge is -2.02. The molecule has 0 aliphatic rings. The fraction of sp³-hybridized carbons (Fsp3) is 0. The summed E-state index contributed by atoms with van der Waals surface area (Å²) in [4.78, 5) is 0. The monoisotopic (exact) mass is 332 g/mol. The quantitative estimate of drug-likeness (QED) is 0.648. The lowest BCUT2D eigenvalue weighted by Crippen LogP contribution is -1.93. The van der Waals surface area contributed by atoms with Crippen LogP contribution in [0.3, 0.4) is 0 Å². The molecular weight excluding hydrogens is 324 g/mol. The number of rotatable bonds is 2. The third kappa shape index (κ3) is 2.57. The van der Waals surface area contributed by atoms with Crippen molar-refractivity contribution in [3.05, 3.63) is 70.4 Å². The first-order valence-electron chi connectivity index (χ1n) is 5.79. The molecule has 0 amide bonds. The third-order valence-corrected chi connectivity index (χ3v) is 3.77. The molecule has 94 valence electrons. The molecule has 0 radical (unpaired) electrons. The van der Waals surface area contributed by atoms with Gasteiger partial charge in [0.2, 0.25) is 0 Å². The van der Waals surface area contributed by atoms with Crippen molar-refractivity contribution < 1.29 is 0 Å². The summed E-state index contributed by atoms with van der Waals surface area (Å²) >= 11 is 9.55. The second-order valence-corrected chi connectivity index (χ2v) is 5.42. The Labute approximate surface area is 124 Å². The lowest BCUT2D eigenvalue weighted by atomic mass is 10.1.